The van der Waals surface area contributed by atoms with Gasteiger partial charge in [0.05, 0.1) is 6.61 Å². The molecular formula is C15H18O4. The molecule has 0 unspecified atom stereocenters. The first-order valence-electron chi connectivity index (χ1n) is 6.06. The van der Waals surface area contributed by atoms with Crippen molar-refractivity contribution in [2.75, 3.05) is 6.61 Å². The van der Waals surface area contributed by atoms with Crippen molar-refractivity contribution in [3.8, 4) is 0 Å². The zero-order chi connectivity index (χ0) is 14.6. The van der Waals surface area contributed by atoms with Crippen molar-refractivity contribution >= 4 is 17.5 Å². The fourth-order valence-corrected chi connectivity index (χ4v) is 1.77. The van der Waals surface area contributed by atoms with Crippen LogP contribution in [0.3, 0.4) is 0 Å². The van der Waals surface area contributed by atoms with Gasteiger partial charge in [0.25, 0.3) is 0 Å². The molecule has 19 heavy (non-hydrogen) atoms. The molecule has 1 aliphatic heterocycles. The summed E-state index contributed by atoms with van der Waals surface area (Å²) in [6.45, 7) is 11.0. The van der Waals surface area contributed by atoms with E-state index in [2.05, 4.69) is 13.2 Å². The number of carbonyl (C=O) groups is 3. The Morgan fingerprint density at radius 1 is 1.42 bits per heavy atom. The largest absolute Gasteiger partial charge is 0.462 e. The van der Waals surface area contributed by atoms with E-state index in [-0.39, 0.29) is 42.5 Å². The minimum absolute atomic E-state index is 0.0119. The monoisotopic (exact) mass is 262 g/mol. The van der Waals surface area contributed by atoms with Crippen molar-refractivity contribution in [2.24, 2.45) is 5.92 Å². The maximum atomic E-state index is 11.9. The Kier molecular flexibility index (Phi) is 4.98. The average Bonchev–Trinajstić information content (AvgIpc) is 2.59. The highest BCUT2D eigenvalue weighted by Gasteiger charge is 2.30. The first-order chi connectivity index (χ1) is 8.81. The molecule has 4 heteroatoms. The molecule has 1 atom stereocenters. The molecule has 1 saturated heterocycles. The number of rotatable bonds is 6. The molecule has 0 aromatic heterocycles. The lowest BCUT2D eigenvalue weighted by Crippen LogP contribution is -2.13. The summed E-state index contributed by atoms with van der Waals surface area (Å²) in [4.78, 5) is 34.5. The third-order valence-corrected chi connectivity index (χ3v) is 2.83. The van der Waals surface area contributed by atoms with Crippen LogP contribution in [0.15, 0.2) is 36.0 Å². The van der Waals surface area contributed by atoms with Gasteiger partial charge in [0.1, 0.15) is 0 Å². The van der Waals surface area contributed by atoms with Crippen LogP contribution < -0.4 is 0 Å². The predicted octanol–water partition coefficient (Wildman–Crippen LogP) is 2.16. The Labute approximate surface area is 112 Å². The number of allylic oxidation sites excluding steroid dienone is 3. The second kappa shape index (κ2) is 6.27. The fourth-order valence-electron chi connectivity index (χ4n) is 1.77. The van der Waals surface area contributed by atoms with E-state index >= 15 is 0 Å². The SMILES string of the molecule is C=C(CC(=O)C=C(C)C)C(=O)C[C@H]1COC(=O)C1=C. The van der Waals surface area contributed by atoms with Crippen LogP contribution in [-0.2, 0) is 19.1 Å². The maximum Gasteiger partial charge on any atom is 0.333 e. The molecule has 1 rings (SSSR count). The lowest BCUT2D eigenvalue weighted by Gasteiger charge is -2.07. The highest BCUT2D eigenvalue weighted by molar-refractivity contribution is 6.03. The van der Waals surface area contributed by atoms with Crippen LogP contribution in [0.25, 0.3) is 0 Å². The highest BCUT2D eigenvalue weighted by Crippen LogP contribution is 2.24. The molecule has 0 aliphatic carbocycles. The van der Waals surface area contributed by atoms with Gasteiger partial charge in [-0.15, -0.1) is 0 Å². The third kappa shape index (κ3) is 4.32. The van der Waals surface area contributed by atoms with Crippen LogP contribution in [-0.4, -0.2) is 24.1 Å². The van der Waals surface area contributed by atoms with Crippen LogP contribution in [0.4, 0.5) is 0 Å². The van der Waals surface area contributed by atoms with E-state index < -0.39 is 5.97 Å². The van der Waals surface area contributed by atoms with Crippen LogP contribution in [0.2, 0.25) is 0 Å². The van der Waals surface area contributed by atoms with Gasteiger partial charge in [0, 0.05) is 24.3 Å². The summed E-state index contributed by atoms with van der Waals surface area (Å²) in [5, 5.41) is 0. The Hall–Kier alpha value is -1.97. The number of cyclic esters (lactones) is 1. The molecule has 0 aromatic carbocycles. The first-order valence-corrected chi connectivity index (χ1v) is 6.06. The number of ether oxygens (including phenoxy) is 1. The van der Waals surface area contributed by atoms with Gasteiger partial charge in [-0.1, -0.05) is 18.7 Å². The summed E-state index contributed by atoms with van der Waals surface area (Å²) in [5.74, 6) is -1.12. The van der Waals surface area contributed by atoms with Crippen LogP contribution in [0, 0.1) is 5.92 Å². The highest BCUT2D eigenvalue weighted by atomic mass is 16.5. The van der Waals surface area contributed by atoms with Gasteiger partial charge in [-0.05, 0) is 25.5 Å². The van der Waals surface area contributed by atoms with Gasteiger partial charge in [0.2, 0.25) is 0 Å². The smallest absolute Gasteiger partial charge is 0.333 e. The number of ketones is 2. The molecule has 1 fully saturated rings. The fraction of sp³-hybridized carbons (Fsp3) is 0.400. The lowest BCUT2D eigenvalue weighted by atomic mass is 9.93. The van der Waals surface area contributed by atoms with Gasteiger partial charge in [-0.2, -0.15) is 0 Å². The summed E-state index contributed by atoms with van der Waals surface area (Å²) in [6.07, 6.45) is 1.61. The number of esters is 1. The van der Waals surface area contributed by atoms with Crippen molar-refractivity contribution in [1.82, 2.24) is 0 Å². The molecular weight excluding hydrogens is 244 g/mol. The topological polar surface area (TPSA) is 60.4 Å². The van der Waals surface area contributed by atoms with Crippen LogP contribution in [0.1, 0.15) is 26.7 Å². The second-order valence-corrected chi connectivity index (χ2v) is 4.92. The molecule has 1 aliphatic rings. The van der Waals surface area contributed by atoms with Crippen LogP contribution in [0.5, 0.6) is 0 Å². The van der Waals surface area contributed by atoms with Crippen molar-refractivity contribution < 1.29 is 19.1 Å². The van der Waals surface area contributed by atoms with E-state index in [0.717, 1.165) is 5.57 Å². The third-order valence-electron chi connectivity index (χ3n) is 2.83. The summed E-state index contributed by atoms with van der Waals surface area (Å²) >= 11 is 0. The summed E-state index contributed by atoms with van der Waals surface area (Å²) < 4.78 is 4.80. The van der Waals surface area contributed by atoms with Gasteiger partial charge in [0.15, 0.2) is 11.6 Å². The maximum absolute atomic E-state index is 11.9. The normalized spacial score (nSPS) is 17.9. The van der Waals surface area contributed by atoms with E-state index in [9.17, 15) is 14.4 Å². The van der Waals surface area contributed by atoms with E-state index in [4.69, 9.17) is 4.74 Å². The molecule has 0 saturated carbocycles. The molecule has 0 spiro atoms. The van der Waals surface area contributed by atoms with E-state index in [1.807, 2.05) is 13.8 Å². The zero-order valence-electron chi connectivity index (χ0n) is 11.3. The van der Waals surface area contributed by atoms with Crippen molar-refractivity contribution in [2.45, 2.75) is 26.7 Å². The minimum Gasteiger partial charge on any atom is -0.462 e. The van der Waals surface area contributed by atoms with Gasteiger partial charge >= 0.3 is 5.97 Å². The number of Topliss-reactive ketones (excluding diaryl/α,β-unsaturated/α-hetero) is 1. The summed E-state index contributed by atoms with van der Waals surface area (Å²) in [6, 6.07) is 0. The molecule has 0 amide bonds. The second-order valence-electron chi connectivity index (χ2n) is 4.92. The molecule has 4 nitrogen and oxygen atoms in total. The zero-order valence-corrected chi connectivity index (χ0v) is 11.3. The predicted molar refractivity (Wildman–Crippen MR) is 71.4 cm³/mol. The Morgan fingerprint density at radius 3 is 2.53 bits per heavy atom. The Bertz CT molecular complexity index is 478. The van der Waals surface area contributed by atoms with E-state index in [1.165, 1.54) is 6.08 Å². The van der Waals surface area contributed by atoms with Gasteiger partial charge in [-0.3, -0.25) is 9.59 Å². The average molecular weight is 262 g/mol. The standard InChI is InChI=1S/C15H18O4/c1-9(2)5-13(16)6-10(3)14(17)7-12-8-19-15(18)11(12)4/h5,12H,3-4,6-8H2,1-2H3/t12-/m0/s1. The summed E-state index contributed by atoms with van der Waals surface area (Å²) in [5.41, 5.74) is 1.46. The molecule has 1 heterocycles. The number of hydrogen-bond acceptors (Lipinski definition) is 4. The van der Waals surface area contributed by atoms with E-state index in [0.29, 0.717) is 5.57 Å². The number of hydrogen-bond donors (Lipinski definition) is 0. The lowest BCUT2D eigenvalue weighted by molar-refractivity contribution is -0.135. The molecule has 0 bridgehead atoms. The molecule has 0 N–H and O–H groups in total. The summed E-state index contributed by atoms with van der Waals surface area (Å²) in [7, 11) is 0. The van der Waals surface area contributed by atoms with Crippen molar-refractivity contribution in [1.29, 1.82) is 0 Å². The minimum atomic E-state index is -0.455. The van der Waals surface area contributed by atoms with Gasteiger partial charge in [-0.25, -0.2) is 4.79 Å². The van der Waals surface area contributed by atoms with Crippen molar-refractivity contribution in [3.05, 3.63) is 36.0 Å². The molecule has 102 valence electrons. The molecule has 0 radical (unpaired) electrons. The molecule has 0 aromatic rings. The Morgan fingerprint density at radius 2 is 2.05 bits per heavy atom. The Balaban J connectivity index is 2.52. The van der Waals surface area contributed by atoms with Crippen molar-refractivity contribution in [3.63, 3.8) is 0 Å². The number of carbonyl (C=O) groups excluding carboxylic acids is 3. The van der Waals surface area contributed by atoms with Crippen LogP contribution >= 0.6 is 0 Å². The van der Waals surface area contributed by atoms with Gasteiger partial charge < -0.3 is 4.74 Å². The quantitative estimate of drug-likeness (QED) is 0.543. The first kappa shape index (κ1) is 15.1. The van der Waals surface area contributed by atoms with E-state index in [1.54, 1.807) is 0 Å².